The van der Waals surface area contributed by atoms with E-state index in [1.54, 1.807) is 24.3 Å². The number of carbonyl (C=O) groups is 2. The van der Waals surface area contributed by atoms with Crippen LogP contribution in [0.3, 0.4) is 0 Å². The largest absolute Gasteiger partial charge is 0.493 e. The van der Waals surface area contributed by atoms with E-state index in [0.29, 0.717) is 50.2 Å². The monoisotopic (exact) mass is 589 g/mol. The van der Waals surface area contributed by atoms with Crippen molar-refractivity contribution in [3.63, 3.8) is 0 Å². The zero-order chi connectivity index (χ0) is 30.0. The number of pyridine rings is 1. The first-order valence-corrected chi connectivity index (χ1v) is 13.5. The molecular weight excluding hydrogens is 562 g/mol. The number of benzene rings is 3. The third-order valence-corrected chi connectivity index (χ3v) is 7.39. The average molecular weight is 590 g/mol. The highest BCUT2D eigenvalue weighted by molar-refractivity contribution is 6.30. The number of hydrogen-bond acceptors (Lipinski definition) is 7. The zero-order valence-corrected chi connectivity index (χ0v) is 23.9. The topological polar surface area (TPSA) is 131 Å². The Bertz CT molecular complexity index is 1740. The molecule has 2 N–H and O–H groups in total. The van der Waals surface area contributed by atoms with Crippen LogP contribution in [-0.2, 0) is 9.59 Å². The van der Waals surface area contributed by atoms with E-state index in [1.165, 1.54) is 26.3 Å². The van der Waals surface area contributed by atoms with Crippen LogP contribution in [0.25, 0.3) is 22.0 Å². The number of nitrogens with zero attached hydrogens (tertiary/aromatic N) is 2. The number of carbonyl (C=O) groups excluding carboxylic acids is 1. The van der Waals surface area contributed by atoms with Gasteiger partial charge in [-0.1, -0.05) is 41.9 Å². The van der Waals surface area contributed by atoms with Gasteiger partial charge in [0.15, 0.2) is 11.5 Å². The van der Waals surface area contributed by atoms with Crippen LogP contribution in [0.2, 0.25) is 5.02 Å². The smallest absolute Gasteiger partial charge is 0.303 e. The number of para-hydroxylation sites is 1. The number of carboxylic acid groups (broad SMARTS) is 1. The lowest BCUT2D eigenvalue weighted by Gasteiger charge is -2.23. The van der Waals surface area contributed by atoms with Crippen LogP contribution in [-0.4, -0.2) is 54.0 Å². The van der Waals surface area contributed by atoms with Gasteiger partial charge in [-0.25, -0.2) is 5.01 Å². The molecule has 2 heterocycles. The van der Waals surface area contributed by atoms with Crippen LogP contribution in [0.4, 0.5) is 0 Å². The number of amides is 1. The normalized spacial score (nSPS) is 14.5. The number of aliphatic carboxylic acids is 1. The first-order valence-electron chi connectivity index (χ1n) is 13.1. The number of fused-ring (bicyclic) bond motifs is 1. The van der Waals surface area contributed by atoms with E-state index in [2.05, 4.69) is 10.1 Å². The van der Waals surface area contributed by atoms with E-state index in [-0.39, 0.29) is 24.8 Å². The number of hydrazone groups is 1. The summed E-state index contributed by atoms with van der Waals surface area (Å²) in [7, 11) is 4.46. The summed E-state index contributed by atoms with van der Waals surface area (Å²) in [5, 5.41) is 16.5. The van der Waals surface area contributed by atoms with Crippen molar-refractivity contribution in [1.29, 1.82) is 0 Å². The standard InChI is InChI=1S/C31H28ClN3O7/c1-40-24-14-18(15-25(41-2)30(24)42-3)23-16-22(34-35(23)26(36)12-13-27(37)38)29-28(17-8-10-19(32)11-9-17)20-6-4-5-7-21(20)33-31(29)39/h4-11,14-15,23H,12-13,16H2,1-3H3,(H,33,39)(H,37,38)/t23-/m1/s1. The van der Waals surface area contributed by atoms with Crippen molar-refractivity contribution in [2.24, 2.45) is 5.10 Å². The summed E-state index contributed by atoms with van der Waals surface area (Å²) in [4.78, 5) is 41.3. The molecule has 5 rings (SSSR count). The third-order valence-electron chi connectivity index (χ3n) is 7.13. The molecule has 4 aromatic rings. The molecule has 11 heteroatoms. The van der Waals surface area contributed by atoms with Gasteiger partial charge in [0.1, 0.15) is 0 Å². The van der Waals surface area contributed by atoms with Gasteiger partial charge in [-0.05, 0) is 41.5 Å². The van der Waals surface area contributed by atoms with Gasteiger partial charge < -0.3 is 24.3 Å². The van der Waals surface area contributed by atoms with Crippen LogP contribution in [0.5, 0.6) is 17.2 Å². The Hall–Kier alpha value is -4.83. The summed E-state index contributed by atoms with van der Waals surface area (Å²) in [6.45, 7) is 0. The summed E-state index contributed by atoms with van der Waals surface area (Å²) in [5.41, 5.74) is 2.95. The Labute approximate surface area is 246 Å². The number of ether oxygens (including phenoxy) is 3. The van der Waals surface area contributed by atoms with E-state index in [4.69, 9.17) is 25.8 Å². The van der Waals surface area contributed by atoms with Gasteiger partial charge in [-0.15, -0.1) is 0 Å². The maximum absolute atomic E-state index is 13.7. The molecule has 0 spiro atoms. The van der Waals surface area contributed by atoms with Crippen molar-refractivity contribution in [3.8, 4) is 28.4 Å². The summed E-state index contributed by atoms with van der Waals surface area (Å²) in [6.07, 6.45) is -0.473. The molecule has 1 aliphatic rings. The first kappa shape index (κ1) is 28.7. The number of aromatic nitrogens is 1. The number of methoxy groups -OCH3 is 3. The second kappa shape index (κ2) is 12.0. The van der Waals surface area contributed by atoms with Crippen LogP contribution in [0.15, 0.2) is 70.6 Å². The lowest BCUT2D eigenvalue weighted by atomic mass is 9.91. The number of nitrogens with one attached hydrogen (secondary N) is 1. The van der Waals surface area contributed by atoms with E-state index < -0.39 is 17.9 Å². The van der Waals surface area contributed by atoms with Crippen LogP contribution in [0.1, 0.15) is 36.4 Å². The van der Waals surface area contributed by atoms with Gasteiger partial charge in [0, 0.05) is 34.3 Å². The van der Waals surface area contributed by atoms with Gasteiger partial charge in [-0.3, -0.25) is 14.4 Å². The number of halogens is 1. The van der Waals surface area contributed by atoms with Gasteiger partial charge in [0.2, 0.25) is 11.7 Å². The molecule has 1 aliphatic heterocycles. The van der Waals surface area contributed by atoms with Gasteiger partial charge >= 0.3 is 5.97 Å². The number of carboxylic acids is 1. The molecule has 1 aromatic heterocycles. The maximum atomic E-state index is 13.7. The van der Waals surface area contributed by atoms with E-state index in [1.807, 2.05) is 36.4 Å². The fraction of sp³-hybridized carbons (Fsp3) is 0.226. The highest BCUT2D eigenvalue weighted by Crippen LogP contribution is 2.44. The molecule has 0 radical (unpaired) electrons. The first-order chi connectivity index (χ1) is 20.2. The summed E-state index contributed by atoms with van der Waals surface area (Å²) in [6, 6.07) is 17.3. The Morgan fingerprint density at radius 2 is 1.64 bits per heavy atom. The van der Waals surface area contributed by atoms with Crippen molar-refractivity contribution in [3.05, 3.63) is 87.2 Å². The highest BCUT2D eigenvalue weighted by Gasteiger charge is 2.36. The van der Waals surface area contributed by atoms with Crippen LogP contribution < -0.4 is 19.8 Å². The molecule has 1 amide bonds. The fourth-order valence-electron chi connectivity index (χ4n) is 5.21. The molecule has 0 unspecified atom stereocenters. The van der Waals surface area contributed by atoms with E-state index in [9.17, 15) is 19.5 Å². The Morgan fingerprint density at radius 3 is 2.26 bits per heavy atom. The van der Waals surface area contributed by atoms with Gasteiger partial charge in [0.25, 0.3) is 5.56 Å². The van der Waals surface area contributed by atoms with Crippen LogP contribution >= 0.6 is 11.6 Å². The number of H-pyrrole nitrogens is 1. The molecule has 0 fully saturated rings. The summed E-state index contributed by atoms with van der Waals surface area (Å²) >= 11 is 6.17. The minimum Gasteiger partial charge on any atom is -0.493 e. The van der Waals surface area contributed by atoms with Crippen molar-refractivity contribution >= 4 is 40.1 Å². The quantitative estimate of drug-likeness (QED) is 0.267. The molecule has 216 valence electrons. The second-order valence-electron chi connectivity index (χ2n) is 9.61. The lowest BCUT2D eigenvalue weighted by Crippen LogP contribution is -2.27. The molecule has 3 aromatic carbocycles. The highest BCUT2D eigenvalue weighted by atomic mass is 35.5. The molecule has 1 atom stereocenters. The molecule has 0 saturated carbocycles. The molecule has 42 heavy (non-hydrogen) atoms. The molecule has 0 aliphatic carbocycles. The van der Waals surface area contributed by atoms with E-state index >= 15 is 0 Å². The Morgan fingerprint density at radius 1 is 0.976 bits per heavy atom. The minimum atomic E-state index is -1.10. The fourth-order valence-corrected chi connectivity index (χ4v) is 5.33. The Balaban J connectivity index is 1.70. The molecule has 0 saturated heterocycles. The van der Waals surface area contributed by atoms with Crippen LogP contribution in [0, 0.1) is 0 Å². The minimum absolute atomic E-state index is 0.166. The van der Waals surface area contributed by atoms with Crippen molar-refractivity contribution in [2.75, 3.05) is 21.3 Å². The van der Waals surface area contributed by atoms with E-state index in [0.717, 1.165) is 10.9 Å². The third kappa shape index (κ3) is 5.40. The number of hydrogen-bond donors (Lipinski definition) is 2. The second-order valence-corrected chi connectivity index (χ2v) is 10.1. The summed E-state index contributed by atoms with van der Waals surface area (Å²) in [5.74, 6) is -0.474. The van der Waals surface area contributed by atoms with Crippen molar-refractivity contribution in [2.45, 2.75) is 25.3 Å². The zero-order valence-electron chi connectivity index (χ0n) is 23.1. The predicted molar refractivity (Wildman–Crippen MR) is 159 cm³/mol. The average Bonchev–Trinajstić information content (AvgIpc) is 3.44. The van der Waals surface area contributed by atoms with Crippen molar-refractivity contribution < 1.29 is 28.9 Å². The molecular formula is C31H28ClN3O7. The Kier molecular flexibility index (Phi) is 8.17. The SMILES string of the molecule is COc1cc([C@H]2CC(c3c(-c4ccc(Cl)cc4)c4ccccc4[nH]c3=O)=NN2C(=O)CCC(=O)O)cc(OC)c1OC. The molecule has 0 bridgehead atoms. The molecule has 10 nitrogen and oxygen atoms in total. The van der Waals surface area contributed by atoms with Crippen molar-refractivity contribution in [1.82, 2.24) is 9.99 Å². The summed E-state index contributed by atoms with van der Waals surface area (Å²) < 4.78 is 16.5. The number of rotatable bonds is 9. The lowest BCUT2D eigenvalue weighted by molar-refractivity contribution is -0.141. The van der Waals surface area contributed by atoms with Gasteiger partial charge in [0.05, 0.1) is 45.1 Å². The maximum Gasteiger partial charge on any atom is 0.303 e. The number of aromatic amines is 1. The van der Waals surface area contributed by atoms with Gasteiger partial charge in [-0.2, -0.15) is 5.10 Å². The predicted octanol–water partition coefficient (Wildman–Crippen LogP) is 5.42.